The summed E-state index contributed by atoms with van der Waals surface area (Å²) in [6.07, 6.45) is 9.96. The standard InChI is InChI=1S/C22H40O2/c1-20(2,3)15-22(7,21(4,5)6)19(23)24-18-14-10-12-16-11-8-9-13-17(16)18/h16-18H,8-15H2,1-7H3. The molecule has 2 aliphatic carbocycles. The molecule has 2 fully saturated rings. The van der Waals surface area contributed by atoms with Gasteiger partial charge in [-0.15, -0.1) is 0 Å². The Morgan fingerprint density at radius 1 is 0.875 bits per heavy atom. The largest absolute Gasteiger partial charge is 0.462 e. The number of carbonyl (C=O) groups excluding carboxylic acids is 1. The Morgan fingerprint density at radius 3 is 2.04 bits per heavy atom. The van der Waals surface area contributed by atoms with Crippen LogP contribution in [0, 0.1) is 28.1 Å². The van der Waals surface area contributed by atoms with Crippen molar-refractivity contribution in [2.75, 3.05) is 0 Å². The first-order chi connectivity index (χ1) is 10.9. The summed E-state index contributed by atoms with van der Waals surface area (Å²) in [6, 6.07) is 0. The zero-order valence-electron chi connectivity index (χ0n) is 17.2. The van der Waals surface area contributed by atoms with E-state index in [1.54, 1.807) is 0 Å². The van der Waals surface area contributed by atoms with Crippen LogP contribution >= 0.6 is 0 Å². The van der Waals surface area contributed by atoms with Crippen LogP contribution in [0.5, 0.6) is 0 Å². The van der Waals surface area contributed by atoms with E-state index in [0.717, 1.165) is 18.8 Å². The first-order valence-corrected chi connectivity index (χ1v) is 10.2. The molecule has 2 aliphatic rings. The summed E-state index contributed by atoms with van der Waals surface area (Å²) in [5.41, 5.74) is -0.425. The first kappa shape index (κ1) is 19.8. The molecule has 0 aromatic heterocycles. The van der Waals surface area contributed by atoms with Crippen molar-refractivity contribution in [1.82, 2.24) is 0 Å². The van der Waals surface area contributed by atoms with E-state index in [-0.39, 0.29) is 22.9 Å². The fourth-order valence-corrected chi connectivity index (χ4v) is 5.00. The maximum Gasteiger partial charge on any atom is 0.312 e. The van der Waals surface area contributed by atoms with E-state index in [2.05, 4.69) is 48.5 Å². The second-order valence-corrected chi connectivity index (χ2v) is 10.9. The lowest BCUT2D eigenvalue weighted by Gasteiger charge is -2.46. The molecule has 2 heteroatoms. The maximum atomic E-state index is 13.3. The van der Waals surface area contributed by atoms with Crippen LogP contribution in [0.2, 0.25) is 0 Å². The van der Waals surface area contributed by atoms with Crippen molar-refractivity contribution in [1.29, 1.82) is 0 Å². The lowest BCUT2D eigenvalue weighted by atomic mass is 9.61. The SMILES string of the molecule is CC(C)(C)CC(C)(C(=O)OC1CCCC2CCCCC21)C(C)(C)C. The van der Waals surface area contributed by atoms with Gasteiger partial charge in [0.15, 0.2) is 0 Å². The molecule has 2 saturated carbocycles. The van der Waals surface area contributed by atoms with Crippen LogP contribution in [0.3, 0.4) is 0 Å². The molecule has 0 radical (unpaired) electrons. The van der Waals surface area contributed by atoms with Gasteiger partial charge in [-0.3, -0.25) is 4.79 Å². The zero-order chi connectivity index (χ0) is 18.2. The monoisotopic (exact) mass is 336 g/mol. The van der Waals surface area contributed by atoms with E-state index in [1.807, 2.05) is 0 Å². The fraction of sp³-hybridized carbons (Fsp3) is 0.955. The molecule has 140 valence electrons. The number of hydrogen-bond acceptors (Lipinski definition) is 2. The van der Waals surface area contributed by atoms with Crippen molar-refractivity contribution < 1.29 is 9.53 Å². The Labute approximate surface area is 150 Å². The van der Waals surface area contributed by atoms with Crippen LogP contribution in [0.4, 0.5) is 0 Å². The van der Waals surface area contributed by atoms with Crippen molar-refractivity contribution in [3.63, 3.8) is 0 Å². The highest BCUT2D eigenvalue weighted by molar-refractivity contribution is 5.77. The van der Waals surface area contributed by atoms with E-state index in [4.69, 9.17) is 4.74 Å². The minimum atomic E-state index is -0.438. The first-order valence-electron chi connectivity index (χ1n) is 10.2. The van der Waals surface area contributed by atoms with Gasteiger partial charge in [-0.05, 0) is 61.7 Å². The number of esters is 1. The Balaban J connectivity index is 2.15. The summed E-state index contributed by atoms with van der Waals surface area (Å²) < 4.78 is 6.26. The van der Waals surface area contributed by atoms with Gasteiger partial charge in [0.1, 0.15) is 6.10 Å². The third kappa shape index (κ3) is 4.35. The van der Waals surface area contributed by atoms with Gasteiger partial charge in [0.2, 0.25) is 0 Å². The van der Waals surface area contributed by atoms with Crippen LogP contribution in [0.25, 0.3) is 0 Å². The molecule has 0 amide bonds. The maximum absolute atomic E-state index is 13.3. The second kappa shape index (κ2) is 7.00. The molecule has 2 rings (SSSR count). The molecule has 0 aromatic carbocycles. The summed E-state index contributed by atoms with van der Waals surface area (Å²) in [5.74, 6) is 1.46. The van der Waals surface area contributed by atoms with Gasteiger partial charge in [-0.1, -0.05) is 60.8 Å². The molecule has 0 saturated heterocycles. The lowest BCUT2D eigenvalue weighted by molar-refractivity contribution is -0.177. The summed E-state index contributed by atoms with van der Waals surface area (Å²) in [4.78, 5) is 13.3. The normalized spacial score (nSPS) is 31.0. The molecule has 4 unspecified atom stereocenters. The molecule has 0 heterocycles. The molecule has 24 heavy (non-hydrogen) atoms. The Hall–Kier alpha value is -0.530. The van der Waals surface area contributed by atoms with Crippen molar-refractivity contribution in [3.8, 4) is 0 Å². The Bertz CT molecular complexity index is 438. The average Bonchev–Trinajstić information content (AvgIpc) is 2.44. The van der Waals surface area contributed by atoms with E-state index in [0.29, 0.717) is 5.92 Å². The van der Waals surface area contributed by atoms with Crippen LogP contribution in [-0.4, -0.2) is 12.1 Å². The number of rotatable bonds is 3. The van der Waals surface area contributed by atoms with E-state index >= 15 is 0 Å². The number of carbonyl (C=O) groups is 1. The molecule has 0 bridgehead atoms. The van der Waals surface area contributed by atoms with Crippen LogP contribution in [0.1, 0.15) is 99.8 Å². The van der Waals surface area contributed by atoms with Gasteiger partial charge in [-0.25, -0.2) is 0 Å². The average molecular weight is 337 g/mol. The summed E-state index contributed by atoms with van der Waals surface area (Å²) >= 11 is 0. The van der Waals surface area contributed by atoms with Crippen LogP contribution < -0.4 is 0 Å². The Kier molecular flexibility index (Phi) is 5.77. The molecule has 0 spiro atoms. The van der Waals surface area contributed by atoms with E-state index in [1.165, 1.54) is 38.5 Å². The number of ether oxygens (including phenoxy) is 1. The van der Waals surface area contributed by atoms with Gasteiger partial charge in [-0.2, -0.15) is 0 Å². The van der Waals surface area contributed by atoms with Gasteiger partial charge in [0.05, 0.1) is 5.41 Å². The molecule has 0 N–H and O–H groups in total. The third-order valence-electron chi connectivity index (χ3n) is 6.76. The highest BCUT2D eigenvalue weighted by atomic mass is 16.5. The van der Waals surface area contributed by atoms with Crippen LogP contribution in [0.15, 0.2) is 0 Å². The fourth-order valence-electron chi connectivity index (χ4n) is 5.00. The quantitative estimate of drug-likeness (QED) is 0.559. The summed E-state index contributed by atoms with van der Waals surface area (Å²) in [6.45, 7) is 15.4. The van der Waals surface area contributed by atoms with E-state index < -0.39 is 5.41 Å². The Morgan fingerprint density at radius 2 is 1.46 bits per heavy atom. The highest BCUT2D eigenvalue weighted by Gasteiger charge is 2.49. The zero-order valence-corrected chi connectivity index (χ0v) is 17.2. The second-order valence-electron chi connectivity index (χ2n) is 10.9. The van der Waals surface area contributed by atoms with Gasteiger partial charge >= 0.3 is 5.97 Å². The van der Waals surface area contributed by atoms with Crippen molar-refractivity contribution >= 4 is 5.97 Å². The molecule has 0 aromatic rings. The number of fused-ring (bicyclic) bond motifs is 1. The van der Waals surface area contributed by atoms with Crippen LogP contribution in [-0.2, 0) is 9.53 Å². The summed E-state index contributed by atoms with van der Waals surface area (Å²) in [5, 5.41) is 0. The smallest absolute Gasteiger partial charge is 0.312 e. The highest BCUT2D eigenvalue weighted by Crippen LogP contribution is 2.49. The predicted molar refractivity (Wildman–Crippen MR) is 101 cm³/mol. The minimum absolute atomic E-state index is 0.0427. The topological polar surface area (TPSA) is 26.3 Å². The molecule has 4 atom stereocenters. The van der Waals surface area contributed by atoms with E-state index in [9.17, 15) is 4.79 Å². The number of hydrogen-bond donors (Lipinski definition) is 0. The minimum Gasteiger partial charge on any atom is -0.462 e. The molecule has 0 aliphatic heterocycles. The predicted octanol–water partition coefficient (Wildman–Crippen LogP) is 6.38. The molecule has 2 nitrogen and oxygen atoms in total. The van der Waals surface area contributed by atoms with Gasteiger partial charge in [0.25, 0.3) is 0 Å². The summed E-state index contributed by atoms with van der Waals surface area (Å²) in [7, 11) is 0. The van der Waals surface area contributed by atoms with Crippen molar-refractivity contribution in [3.05, 3.63) is 0 Å². The van der Waals surface area contributed by atoms with Gasteiger partial charge in [0, 0.05) is 0 Å². The lowest BCUT2D eigenvalue weighted by Crippen LogP contribution is -2.47. The van der Waals surface area contributed by atoms with Crippen molar-refractivity contribution in [2.45, 2.75) is 106 Å². The molecular weight excluding hydrogens is 296 g/mol. The third-order valence-corrected chi connectivity index (χ3v) is 6.76. The van der Waals surface area contributed by atoms with Gasteiger partial charge < -0.3 is 4.74 Å². The van der Waals surface area contributed by atoms with Crippen molar-refractivity contribution in [2.24, 2.45) is 28.1 Å². The molecular formula is C22H40O2.